The molecule has 1 saturated heterocycles. The molecule has 1 aromatic rings. The van der Waals surface area contributed by atoms with Crippen molar-refractivity contribution >= 4 is 35.4 Å². The quantitative estimate of drug-likeness (QED) is 0.283. The summed E-state index contributed by atoms with van der Waals surface area (Å²) in [5, 5.41) is 15.2. The Bertz CT molecular complexity index is 1070. The van der Waals surface area contributed by atoms with Crippen LogP contribution in [0.3, 0.4) is 0 Å². The highest BCUT2D eigenvalue weighted by molar-refractivity contribution is 5.99. The Morgan fingerprint density at radius 1 is 0.649 bits per heavy atom. The summed E-state index contributed by atoms with van der Waals surface area (Å²) in [7, 11) is 0. The number of amides is 6. The third-order valence-corrected chi connectivity index (χ3v) is 5.77. The zero-order valence-corrected chi connectivity index (χ0v) is 22.0. The van der Waals surface area contributed by atoms with E-state index in [-0.39, 0.29) is 6.42 Å². The van der Waals surface area contributed by atoms with Crippen molar-refractivity contribution in [1.82, 2.24) is 31.9 Å². The van der Waals surface area contributed by atoms with Gasteiger partial charge in [0.05, 0.1) is 13.1 Å². The molecule has 6 N–H and O–H groups in total. The molecule has 1 aliphatic heterocycles. The predicted octanol–water partition coefficient (Wildman–Crippen LogP) is -1.36. The number of benzene rings is 1. The lowest BCUT2D eigenvalue weighted by Crippen LogP contribution is -2.65. The minimum absolute atomic E-state index is 0.128. The first kappa shape index (κ1) is 29.3. The molecule has 2 rings (SSSR count). The van der Waals surface area contributed by atoms with Crippen LogP contribution in [0, 0.1) is 0 Å². The summed E-state index contributed by atoms with van der Waals surface area (Å²) in [5.74, 6) is -3.83. The molecule has 12 nitrogen and oxygen atoms in total. The molecule has 6 amide bonds. The number of carbonyl (C=O) groups excluding carboxylic acids is 6. The number of hydrogen-bond donors (Lipinski definition) is 6. The van der Waals surface area contributed by atoms with Gasteiger partial charge in [-0.2, -0.15) is 0 Å². The zero-order chi connectivity index (χ0) is 28.0. The van der Waals surface area contributed by atoms with E-state index in [1.807, 2.05) is 6.07 Å². The molecule has 0 spiro atoms. The first-order chi connectivity index (χ1) is 17.0. The number of rotatable bonds is 2. The number of nitrogens with one attached hydrogen (secondary N) is 6. The molecule has 1 atom stereocenters. The Morgan fingerprint density at radius 3 is 1.70 bits per heavy atom. The van der Waals surface area contributed by atoms with Gasteiger partial charge in [-0.25, -0.2) is 0 Å². The second kappa shape index (κ2) is 11.4. The molecule has 0 unspecified atom stereocenters. The van der Waals surface area contributed by atoms with Crippen molar-refractivity contribution in [3.8, 4) is 0 Å². The molecule has 1 fully saturated rings. The zero-order valence-electron chi connectivity index (χ0n) is 22.0. The molecule has 1 heterocycles. The van der Waals surface area contributed by atoms with Gasteiger partial charge in [-0.1, -0.05) is 30.3 Å². The molecular formula is C25H36N6O6. The largest absolute Gasteiger partial charge is 0.345 e. The van der Waals surface area contributed by atoms with Crippen LogP contribution in [0.1, 0.15) is 47.1 Å². The van der Waals surface area contributed by atoms with Gasteiger partial charge >= 0.3 is 0 Å². The number of carbonyl (C=O) groups is 6. The van der Waals surface area contributed by atoms with Gasteiger partial charge in [0, 0.05) is 6.42 Å². The van der Waals surface area contributed by atoms with E-state index in [1.54, 1.807) is 24.3 Å². The van der Waals surface area contributed by atoms with E-state index in [9.17, 15) is 28.8 Å². The molecule has 0 aliphatic carbocycles. The highest BCUT2D eigenvalue weighted by Gasteiger charge is 2.38. The summed E-state index contributed by atoms with van der Waals surface area (Å²) in [4.78, 5) is 76.6. The molecule has 0 radical (unpaired) electrons. The second-order valence-electron chi connectivity index (χ2n) is 10.5. The van der Waals surface area contributed by atoms with Crippen LogP contribution in [0.5, 0.6) is 0 Å². The maximum absolute atomic E-state index is 13.1. The molecule has 37 heavy (non-hydrogen) atoms. The van der Waals surface area contributed by atoms with Gasteiger partial charge in [-0.05, 0) is 47.1 Å². The lowest BCUT2D eigenvalue weighted by molar-refractivity contribution is -0.138. The van der Waals surface area contributed by atoms with Gasteiger partial charge in [0.1, 0.15) is 22.7 Å². The van der Waals surface area contributed by atoms with Crippen LogP contribution in [0.15, 0.2) is 30.3 Å². The molecule has 202 valence electrons. The highest BCUT2D eigenvalue weighted by Crippen LogP contribution is 2.10. The maximum Gasteiger partial charge on any atom is 0.246 e. The van der Waals surface area contributed by atoms with Crippen molar-refractivity contribution in [3.05, 3.63) is 35.9 Å². The topological polar surface area (TPSA) is 175 Å². The van der Waals surface area contributed by atoms with Crippen LogP contribution in [0.4, 0.5) is 0 Å². The van der Waals surface area contributed by atoms with Gasteiger partial charge in [-0.3, -0.25) is 28.8 Å². The van der Waals surface area contributed by atoms with Gasteiger partial charge in [0.25, 0.3) is 0 Å². The number of hydrogen-bond acceptors (Lipinski definition) is 6. The minimum atomic E-state index is -1.44. The SMILES string of the molecule is CC1(C)NC(=O)CNC(=O)C(C)(C)NC(=O)C(C)(C)NC(=O)CNC(=O)[C@H](Cc2ccccc2)NC1=O. The summed E-state index contributed by atoms with van der Waals surface area (Å²) in [6.07, 6.45) is 0.128. The first-order valence-corrected chi connectivity index (χ1v) is 11.9. The van der Waals surface area contributed by atoms with Crippen LogP contribution in [-0.4, -0.2) is 71.2 Å². The second-order valence-corrected chi connectivity index (χ2v) is 10.5. The van der Waals surface area contributed by atoms with E-state index >= 15 is 0 Å². The van der Waals surface area contributed by atoms with Gasteiger partial charge < -0.3 is 31.9 Å². The fourth-order valence-electron chi connectivity index (χ4n) is 3.47. The Kier molecular flexibility index (Phi) is 9.02. The smallest absolute Gasteiger partial charge is 0.246 e. The van der Waals surface area contributed by atoms with Gasteiger partial charge in [0.15, 0.2) is 0 Å². The van der Waals surface area contributed by atoms with Crippen molar-refractivity contribution in [2.45, 2.75) is 70.6 Å². The summed E-state index contributed by atoms with van der Waals surface area (Å²) < 4.78 is 0. The lowest BCUT2D eigenvalue weighted by atomic mass is 9.98. The minimum Gasteiger partial charge on any atom is -0.345 e. The summed E-state index contributed by atoms with van der Waals surface area (Å²) >= 11 is 0. The van der Waals surface area contributed by atoms with Crippen LogP contribution in [0.25, 0.3) is 0 Å². The van der Waals surface area contributed by atoms with Gasteiger partial charge in [-0.15, -0.1) is 0 Å². The molecule has 12 heteroatoms. The van der Waals surface area contributed by atoms with E-state index in [4.69, 9.17) is 0 Å². The Morgan fingerprint density at radius 2 is 1.14 bits per heavy atom. The molecule has 1 aromatic carbocycles. The highest BCUT2D eigenvalue weighted by atomic mass is 16.2. The van der Waals surface area contributed by atoms with Crippen molar-refractivity contribution in [3.63, 3.8) is 0 Å². The van der Waals surface area contributed by atoms with Crippen LogP contribution >= 0.6 is 0 Å². The maximum atomic E-state index is 13.1. The van der Waals surface area contributed by atoms with Crippen LogP contribution < -0.4 is 31.9 Å². The summed E-state index contributed by atoms with van der Waals surface area (Å²) in [6, 6.07) is 7.90. The average molecular weight is 517 g/mol. The van der Waals surface area contributed by atoms with Gasteiger partial charge in [0.2, 0.25) is 35.4 Å². The van der Waals surface area contributed by atoms with E-state index in [2.05, 4.69) is 31.9 Å². The normalized spacial score (nSPS) is 23.1. The van der Waals surface area contributed by atoms with Crippen molar-refractivity contribution < 1.29 is 28.8 Å². The van der Waals surface area contributed by atoms with Crippen molar-refractivity contribution in [1.29, 1.82) is 0 Å². The fraction of sp³-hybridized carbons (Fsp3) is 0.520. The average Bonchev–Trinajstić information content (AvgIpc) is 2.79. The summed E-state index contributed by atoms with van der Waals surface area (Å²) in [6.45, 7) is 7.78. The Balaban J connectivity index is 2.34. The lowest BCUT2D eigenvalue weighted by Gasteiger charge is -2.32. The van der Waals surface area contributed by atoms with Crippen LogP contribution in [-0.2, 0) is 35.2 Å². The fourth-order valence-corrected chi connectivity index (χ4v) is 3.47. The van der Waals surface area contributed by atoms with E-state index in [1.165, 1.54) is 41.5 Å². The third kappa shape index (κ3) is 8.29. The Labute approximate surface area is 216 Å². The molecule has 0 bridgehead atoms. The molecular weight excluding hydrogens is 480 g/mol. The van der Waals surface area contributed by atoms with E-state index in [0.29, 0.717) is 0 Å². The van der Waals surface area contributed by atoms with E-state index < -0.39 is 71.2 Å². The molecule has 1 aliphatic rings. The monoisotopic (exact) mass is 516 g/mol. The van der Waals surface area contributed by atoms with Crippen molar-refractivity contribution in [2.24, 2.45) is 0 Å². The first-order valence-electron chi connectivity index (χ1n) is 11.9. The summed E-state index contributed by atoms with van der Waals surface area (Å²) in [5.41, 5.74) is -3.52. The standard InChI is InChI=1S/C25H36N6O6/c1-23(2)20(35)27-14-18(33)29-24(3,4)21(36)28-16(12-15-10-8-7-9-11-15)19(34)26-13-17(32)30-25(5,6)22(37)31-23/h7-11,16H,12-14H2,1-6H3,(H,26,34)(H,27,35)(H,28,36)(H,29,33)(H,30,32)(H,31,37)/t16-/m0/s1. The molecule has 0 saturated carbocycles. The predicted molar refractivity (Wildman–Crippen MR) is 135 cm³/mol. The third-order valence-electron chi connectivity index (χ3n) is 5.77. The molecule has 0 aromatic heterocycles. The van der Waals surface area contributed by atoms with Crippen molar-refractivity contribution in [2.75, 3.05) is 13.1 Å². The van der Waals surface area contributed by atoms with Crippen LogP contribution in [0.2, 0.25) is 0 Å². The van der Waals surface area contributed by atoms with E-state index in [0.717, 1.165) is 5.56 Å². The Hall–Kier alpha value is -3.96.